The Bertz CT molecular complexity index is 240. The third kappa shape index (κ3) is 1.08. The van der Waals surface area contributed by atoms with Gasteiger partial charge in [0.2, 0.25) is 11.8 Å². The maximum Gasteiger partial charge on any atom is 0.223 e. The minimum atomic E-state index is -0.837. The summed E-state index contributed by atoms with van der Waals surface area (Å²) in [5.41, 5.74) is 10.1. The van der Waals surface area contributed by atoms with Crippen LogP contribution in [0.15, 0.2) is 0 Å². The fraction of sp³-hybridized carbons (Fsp3) is 0. The minimum absolute atomic E-state index is 0.135. The van der Waals surface area contributed by atoms with Crippen molar-refractivity contribution in [3.05, 3.63) is 11.0 Å². The van der Waals surface area contributed by atoms with Crippen LogP contribution in [0.2, 0.25) is 5.15 Å². The van der Waals surface area contributed by atoms with Crippen LogP contribution in [0, 0.1) is 5.82 Å². The highest BCUT2D eigenvalue weighted by Gasteiger charge is 2.06. The van der Waals surface area contributed by atoms with Gasteiger partial charge in [-0.05, 0) is 0 Å². The molecule has 0 bridgehead atoms. The Balaban J connectivity index is 3.31. The Morgan fingerprint density at radius 2 is 1.90 bits per heavy atom. The average molecular weight is 163 g/mol. The number of hydrogen-bond acceptors (Lipinski definition) is 4. The first-order valence-electron chi connectivity index (χ1n) is 2.35. The van der Waals surface area contributed by atoms with Gasteiger partial charge in [0, 0.05) is 0 Å². The van der Waals surface area contributed by atoms with Crippen molar-refractivity contribution >= 4 is 23.4 Å². The Labute approximate surface area is 61.0 Å². The topological polar surface area (TPSA) is 77.8 Å². The smallest absolute Gasteiger partial charge is 0.223 e. The van der Waals surface area contributed by atoms with Crippen LogP contribution in [-0.4, -0.2) is 9.97 Å². The molecular formula is C4H4ClFN4. The summed E-state index contributed by atoms with van der Waals surface area (Å²) >= 11 is 5.23. The van der Waals surface area contributed by atoms with Crippen LogP contribution in [0.4, 0.5) is 16.2 Å². The number of hydrogen-bond donors (Lipinski definition) is 2. The largest absolute Gasteiger partial charge is 0.381 e. The van der Waals surface area contributed by atoms with E-state index in [1.165, 1.54) is 0 Å². The van der Waals surface area contributed by atoms with E-state index in [2.05, 4.69) is 9.97 Å². The molecule has 0 aliphatic rings. The molecule has 1 heterocycles. The van der Waals surface area contributed by atoms with Gasteiger partial charge in [-0.25, -0.2) is 0 Å². The summed E-state index contributed by atoms with van der Waals surface area (Å²) in [6.45, 7) is 0. The third-order valence-corrected chi connectivity index (χ3v) is 1.10. The van der Waals surface area contributed by atoms with Gasteiger partial charge in [-0.3, -0.25) is 0 Å². The lowest BCUT2D eigenvalue weighted by Gasteiger charge is -1.97. The third-order valence-electron chi connectivity index (χ3n) is 0.854. The minimum Gasteiger partial charge on any atom is -0.381 e. The molecule has 0 aliphatic carbocycles. The molecular weight excluding hydrogens is 159 g/mol. The number of nitrogens with zero attached hydrogens (tertiary/aromatic N) is 2. The van der Waals surface area contributed by atoms with Crippen LogP contribution >= 0.6 is 11.6 Å². The molecule has 0 saturated carbocycles. The normalized spacial score (nSPS) is 9.80. The van der Waals surface area contributed by atoms with Gasteiger partial charge in [-0.1, -0.05) is 11.6 Å². The molecule has 0 unspecified atom stereocenters. The SMILES string of the molecule is Nc1nc(N)c(F)c(Cl)n1. The Morgan fingerprint density at radius 1 is 1.30 bits per heavy atom. The van der Waals surface area contributed by atoms with E-state index in [0.29, 0.717) is 0 Å². The van der Waals surface area contributed by atoms with E-state index < -0.39 is 5.82 Å². The second kappa shape index (κ2) is 2.26. The molecule has 0 aromatic carbocycles. The molecule has 4 nitrogen and oxygen atoms in total. The monoisotopic (exact) mass is 162 g/mol. The highest BCUT2D eigenvalue weighted by Crippen LogP contribution is 2.16. The zero-order valence-corrected chi connectivity index (χ0v) is 5.56. The van der Waals surface area contributed by atoms with E-state index in [1.54, 1.807) is 0 Å². The van der Waals surface area contributed by atoms with Crippen LogP contribution in [0.25, 0.3) is 0 Å². The van der Waals surface area contributed by atoms with Crippen molar-refractivity contribution in [3.8, 4) is 0 Å². The Hall–Kier alpha value is -1.10. The predicted octanol–water partition coefficient (Wildman–Crippen LogP) is 0.433. The van der Waals surface area contributed by atoms with Crippen molar-refractivity contribution < 1.29 is 4.39 Å². The fourth-order valence-electron chi connectivity index (χ4n) is 0.453. The number of nitrogen functional groups attached to an aromatic ring is 2. The van der Waals surface area contributed by atoms with Crippen molar-refractivity contribution in [1.29, 1.82) is 0 Å². The molecule has 10 heavy (non-hydrogen) atoms. The van der Waals surface area contributed by atoms with Gasteiger partial charge in [0.25, 0.3) is 0 Å². The standard InChI is InChI=1S/C4H4ClFN4/c5-2-1(6)3(7)10-4(8)9-2/h(H4,7,8,9,10). The molecule has 0 saturated heterocycles. The molecule has 0 aliphatic heterocycles. The molecule has 4 N–H and O–H groups in total. The van der Waals surface area contributed by atoms with E-state index in [9.17, 15) is 4.39 Å². The first kappa shape index (κ1) is 7.01. The summed E-state index contributed by atoms with van der Waals surface area (Å²) in [6.07, 6.45) is 0. The van der Waals surface area contributed by atoms with E-state index in [0.717, 1.165) is 0 Å². The van der Waals surface area contributed by atoms with Gasteiger partial charge in [0.05, 0.1) is 0 Å². The summed E-state index contributed by atoms with van der Waals surface area (Å²) in [7, 11) is 0. The van der Waals surface area contributed by atoms with Gasteiger partial charge < -0.3 is 11.5 Å². The van der Waals surface area contributed by atoms with Gasteiger partial charge in [0.1, 0.15) is 0 Å². The Morgan fingerprint density at radius 3 is 2.40 bits per heavy atom. The number of nitrogens with two attached hydrogens (primary N) is 2. The lowest BCUT2D eigenvalue weighted by atomic mass is 10.6. The van der Waals surface area contributed by atoms with Crippen LogP contribution in [-0.2, 0) is 0 Å². The number of rotatable bonds is 0. The zero-order chi connectivity index (χ0) is 7.72. The second-order valence-corrected chi connectivity index (χ2v) is 1.93. The molecule has 0 spiro atoms. The highest BCUT2D eigenvalue weighted by molar-refractivity contribution is 6.29. The Kier molecular flexibility index (Phi) is 1.58. The average Bonchev–Trinajstić information content (AvgIpc) is 1.82. The lowest BCUT2D eigenvalue weighted by molar-refractivity contribution is 0.621. The maximum atomic E-state index is 12.5. The summed E-state index contributed by atoms with van der Waals surface area (Å²) in [5.74, 6) is -1.31. The molecule has 0 atom stereocenters. The molecule has 0 amide bonds. The van der Waals surface area contributed by atoms with Gasteiger partial charge in [-0.2, -0.15) is 14.4 Å². The summed E-state index contributed by atoms with van der Waals surface area (Å²) in [5, 5.41) is -0.356. The van der Waals surface area contributed by atoms with Crippen molar-refractivity contribution in [2.24, 2.45) is 0 Å². The predicted molar refractivity (Wildman–Crippen MR) is 35.8 cm³/mol. The van der Waals surface area contributed by atoms with Crippen LogP contribution in [0.5, 0.6) is 0 Å². The molecule has 1 rings (SSSR count). The zero-order valence-electron chi connectivity index (χ0n) is 4.81. The lowest BCUT2D eigenvalue weighted by Crippen LogP contribution is -2.02. The number of anilines is 2. The second-order valence-electron chi connectivity index (χ2n) is 1.57. The fourth-order valence-corrected chi connectivity index (χ4v) is 0.636. The quantitative estimate of drug-likeness (QED) is 0.543. The van der Waals surface area contributed by atoms with Gasteiger partial charge in [-0.15, -0.1) is 0 Å². The highest BCUT2D eigenvalue weighted by atomic mass is 35.5. The van der Waals surface area contributed by atoms with Crippen molar-refractivity contribution in [1.82, 2.24) is 9.97 Å². The first-order chi connectivity index (χ1) is 4.61. The summed E-state index contributed by atoms with van der Waals surface area (Å²) < 4.78 is 12.5. The molecule has 0 radical (unpaired) electrons. The van der Waals surface area contributed by atoms with Gasteiger partial charge in [0.15, 0.2) is 11.0 Å². The molecule has 6 heteroatoms. The molecule has 54 valence electrons. The molecule has 1 aromatic rings. The maximum absolute atomic E-state index is 12.5. The van der Waals surface area contributed by atoms with E-state index in [1.807, 2.05) is 0 Å². The number of aromatic nitrogens is 2. The molecule has 0 fully saturated rings. The van der Waals surface area contributed by atoms with Gasteiger partial charge >= 0.3 is 0 Å². The van der Waals surface area contributed by atoms with Crippen LogP contribution in [0.3, 0.4) is 0 Å². The van der Waals surface area contributed by atoms with Crippen LogP contribution in [0.1, 0.15) is 0 Å². The van der Waals surface area contributed by atoms with Crippen LogP contribution < -0.4 is 11.5 Å². The summed E-state index contributed by atoms with van der Waals surface area (Å²) in [6, 6.07) is 0. The van der Waals surface area contributed by atoms with Crippen molar-refractivity contribution in [2.45, 2.75) is 0 Å². The number of halogens is 2. The molecule has 1 aromatic heterocycles. The van der Waals surface area contributed by atoms with E-state index >= 15 is 0 Å². The van der Waals surface area contributed by atoms with E-state index in [4.69, 9.17) is 23.1 Å². The van der Waals surface area contributed by atoms with Crippen molar-refractivity contribution in [3.63, 3.8) is 0 Å². The van der Waals surface area contributed by atoms with Crippen molar-refractivity contribution in [2.75, 3.05) is 11.5 Å². The summed E-state index contributed by atoms with van der Waals surface area (Å²) in [4.78, 5) is 6.63. The van der Waals surface area contributed by atoms with E-state index in [-0.39, 0.29) is 16.9 Å². The first-order valence-corrected chi connectivity index (χ1v) is 2.73.